The molecule has 0 aliphatic rings. The van der Waals surface area contributed by atoms with Crippen LogP contribution in [0.2, 0.25) is 5.02 Å². The average Bonchev–Trinajstić information content (AvgIpc) is 2.90. The van der Waals surface area contributed by atoms with Crippen molar-refractivity contribution in [3.63, 3.8) is 0 Å². The first-order valence-electron chi connectivity index (χ1n) is 6.32. The Balaban J connectivity index is 2.48. The van der Waals surface area contributed by atoms with Crippen LogP contribution in [0.15, 0.2) is 29.6 Å². The highest BCUT2D eigenvalue weighted by molar-refractivity contribution is 7.15. The van der Waals surface area contributed by atoms with E-state index in [1.807, 2.05) is 17.5 Å². The second-order valence-corrected chi connectivity index (χ2v) is 5.57. The van der Waals surface area contributed by atoms with E-state index < -0.39 is 5.97 Å². The van der Waals surface area contributed by atoms with Crippen molar-refractivity contribution in [3.05, 3.63) is 40.2 Å². The topological polar surface area (TPSA) is 55.4 Å². The summed E-state index contributed by atoms with van der Waals surface area (Å²) in [7, 11) is 1.32. The molecule has 0 radical (unpaired) electrons. The smallest absolute Gasteiger partial charge is 0.341 e. The van der Waals surface area contributed by atoms with Gasteiger partial charge in [-0.1, -0.05) is 30.7 Å². The lowest BCUT2D eigenvalue weighted by Crippen LogP contribution is -2.12. The Morgan fingerprint density at radius 1 is 1.29 bits per heavy atom. The fraction of sp³-hybridized carbons (Fsp3) is 0.200. The van der Waals surface area contributed by atoms with Gasteiger partial charge >= 0.3 is 5.97 Å². The third-order valence-corrected chi connectivity index (χ3v) is 4.06. The Kier molecular flexibility index (Phi) is 4.98. The highest BCUT2D eigenvalue weighted by Crippen LogP contribution is 2.36. The summed E-state index contributed by atoms with van der Waals surface area (Å²) < 4.78 is 4.83. The minimum absolute atomic E-state index is 0.148. The van der Waals surface area contributed by atoms with Crippen molar-refractivity contribution in [3.8, 4) is 11.1 Å². The van der Waals surface area contributed by atoms with Crippen LogP contribution in [0.3, 0.4) is 0 Å². The number of carbonyl (C=O) groups excluding carboxylic acids is 2. The first-order valence-corrected chi connectivity index (χ1v) is 7.58. The molecule has 1 amide bonds. The summed E-state index contributed by atoms with van der Waals surface area (Å²) in [5.41, 5.74) is 1.93. The summed E-state index contributed by atoms with van der Waals surface area (Å²) in [6.07, 6.45) is 0.342. The molecule has 1 N–H and O–H groups in total. The van der Waals surface area contributed by atoms with Crippen molar-refractivity contribution in [2.75, 3.05) is 12.4 Å². The van der Waals surface area contributed by atoms with Gasteiger partial charge in [-0.2, -0.15) is 0 Å². The third-order valence-electron chi connectivity index (χ3n) is 2.91. The normalized spacial score (nSPS) is 10.2. The summed E-state index contributed by atoms with van der Waals surface area (Å²) in [5.74, 6) is -0.628. The van der Waals surface area contributed by atoms with E-state index in [-0.39, 0.29) is 5.91 Å². The number of ether oxygens (including phenoxy) is 1. The lowest BCUT2D eigenvalue weighted by atomic mass is 10.0. The number of hydrogen-bond donors (Lipinski definition) is 1. The molecular weight excluding hydrogens is 310 g/mol. The van der Waals surface area contributed by atoms with E-state index in [1.54, 1.807) is 19.1 Å². The Labute approximate surface area is 131 Å². The maximum Gasteiger partial charge on any atom is 0.341 e. The van der Waals surface area contributed by atoms with Crippen molar-refractivity contribution in [1.82, 2.24) is 0 Å². The van der Waals surface area contributed by atoms with E-state index in [9.17, 15) is 9.59 Å². The number of amides is 1. The van der Waals surface area contributed by atoms with Gasteiger partial charge in [0, 0.05) is 22.4 Å². The molecule has 2 aromatic rings. The van der Waals surface area contributed by atoms with Crippen molar-refractivity contribution < 1.29 is 14.3 Å². The van der Waals surface area contributed by atoms with Crippen LogP contribution in [-0.2, 0) is 9.53 Å². The van der Waals surface area contributed by atoms with E-state index >= 15 is 0 Å². The van der Waals surface area contributed by atoms with E-state index in [1.165, 1.54) is 18.4 Å². The summed E-state index contributed by atoms with van der Waals surface area (Å²) in [4.78, 5) is 23.6. The Hall–Kier alpha value is -1.85. The molecule has 0 aliphatic carbocycles. The molecular formula is C15H14ClNO3S. The SMILES string of the molecule is CCC(=O)Nc1scc(-c2ccc(Cl)cc2)c1C(=O)OC. The molecule has 110 valence electrons. The quantitative estimate of drug-likeness (QED) is 0.858. The molecule has 0 unspecified atom stereocenters. The van der Waals surface area contributed by atoms with Gasteiger partial charge < -0.3 is 10.1 Å². The standard InChI is InChI=1S/C15H14ClNO3S/c1-3-12(18)17-14-13(15(19)20-2)11(8-21-14)9-4-6-10(16)7-5-9/h4-8H,3H2,1-2H3,(H,17,18). The van der Waals surface area contributed by atoms with Gasteiger partial charge in [-0.05, 0) is 17.7 Å². The Bertz CT molecular complexity index is 664. The van der Waals surface area contributed by atoms with Crippen molar-refractivity contribution in [2.45, 2.75) is 13.3 Å². The van der Waals surface area contributed by atoms with Gasteiger partial charge in [-0.25, -0.2) is 4.79 Å². The fourth-order valence-corrected chi connectivity index (χ4v) is 2.91. The molecule has 4 nitrogen and oxygen atoms in total. The van der Waals surface area contributed by atoms with Gasteiger partial charge in [0.1, 0.15) is 10.6 Å². The van der Waals surface area contributed by atoms with Gasteiger partial charge in [0.05, 0.1) is 7.11 Å². The largest absolute Gasteiger partial charge is 0.465 e. The number of thiophene rings is 1. The molecule has 1 aromatic carbocycles. The molecule has 0 fully saturated rings. The predicted molar refractivity (Wildman–Crippen MR) is 85.0 cm³/mol. The maximum atomic E-state index is 12.0. The van der Waals surface area contributed by atoms with Crippen molar-refractivity contribution in [1.29, 1.82) is 0 Å². The number of rotatable bonds is 4. The van der Waals surface area contributed by atoms with E-state index in [0.717, 1.165) is 11.1 Å². The number of nitrogens with one attached hydrogen (secondary N) is 1. The molecule has 0 aliphatic heterocycles. The second-order valence-electron chi connectivity index (χ2n) is 4.25. The highest BCUT2D eigenvalue weighted by atomic mass is 35.5. The summed E-state index contributed by atoms with van der Waals surface area (Å²) in [5, 5.41) is 5.67. The number of benzene rings is 1. The summed E-state index contributed by atoms with van der Waals surface area (Å²) in [6, 6.07) is 7.14. The van der Waals surface area contributed by atoms with Gasteiger partial charge in [0.2, 0.25) is 5.91 Å². The number of anilines is 1. The van der Waals surface area contributed by atoms with Crippen LogP contribution in [0.1, 0.15) is 23.7 Å². The molecule has 6 heteroatoms. The van der Waals surface area contributed by atoms with Gasteiger partial charge in [-0.15, -0.1) is 11.3 Å². The summed E-state index contributed by atoms with van der Waals surface area (Å²) >= 11 is 7.17. The number of carbonyl (C=O) groups is 2. The predicted octanol–water partition coefficient (Wildman–Crippen LogP) is 4.20. The lowest BCUT2D eigenvalue weighted by Gasteiger charge is -2.07. The van der Waals surface area contributed by atoms with Crippen molar-refractivity contribution >= 4 is 39.8 Å². The minimum atomic E-state index is -0.479. The van der Waals surface area contributed by atoms with Crippen LogP contribution in [0, 0.1) is 0 Å². The minimum Gasteiger partial charge on any atom is -0.465 e. The monoisotopic (exact) mass is 323 g/mol. The van der Waals surface area contributed by atoms with Crippen LogP contribution in [0.5, 0.6) is 0 Å². The zero-order chi connectivity index (χ0) is 15.4. The number of halogens is 1. The average molecular weight is 324 g/mol. The first kappa shape index (κ1) is 15.5. The van der Waals surface area contributed by atoms with Crippen LogP contribution >= 0.6 is 22.9 Å². The Morgan fingerprint density at radius 2 is 1.95 bits per heavy atom. The molecule has 0 saturated heterocycles. The lowest BCUT2D eigenvalue weighted by molar-refractivity contribution is -0.115. The zero-order valence-corrected chi connectivity index (χ0v) is 13.2. The molecule has 0 saturated carbocycles. The summed E-state index contributed by atoms with van der Waals surface area (Å²) in [6.45, 7) is 1.75. The third kappa shape index (κ3) is 3.43. The zero-order valence-electron chi connectivity index (χ0n) is 11.6. The van der Waals surface area contributed by atoms with Crippen LogP contribution in [0.4, 0.5) is 5.00 Å². The number of esters is 1. The molecule has 0 bridgehead atoms. The van der Waals surface area contributed by atoms with Gasteiger partial charge in [0.15, 0.2) is 0 Å². The Morgan fingerprint density at radius 3 is 2.52 bits per heavy atom. The van der Waals surface area contributed by atoms with Gasteiger partial charge in [-0.3, -0.25) is 4.79 Å². The molecule has 0 atom stereocenters. The van der Waals surface area contributed by atoms with E-state index in [2.05, 4.69) is 5.32 Å². The second kappa shape index (κ2) is 6.74. The van der Waals surface area contributed by atoms with Crippen LogP contribution < -0.4 is 5.32 Å². The first-order chi connectivity index (χ1) is 10.1. The van der Waals surface area contributed by atoms with Crippen LogP contribution in [-0.4, -0.2) is 19.0 Å². The number of methoxy groups -OCH3 is 1. The molecule has 0 spiro atoms. The fourth-order valence-electron chi connectivity index (χ4n) is 1.81. The van der Waals surface area contributed by atoms with E-state index in [4.69, 9.17) is 16.3 Å². The van der Waals surface area contributed by atoms with E-state index in [0.29, 0.717) is 22.0 Å². The maximum absolute atomic E-state index is 12.0. The molecule has 1 heterocycles. The molecule has 1 aromatic heterocycles. The highest BCUT2D eigenvalue weighted by Gasteiger charge is 2.21. The number of hydrogen-bond acceptors (Lipinski definition) is 4. The van der Waals surface area contributed by atoms with Crippen LogP contribution in [0.25, 0.3) is 11.1 Å². The molecule has 21 heavy (non-hydrogen) atoms. The molecule has 2 rings (SSSR count). The van der Waals surface area contributed by atoms with Gasteiger partial charge in [0.25, 0.3) is 0 Å². The van der Waals surface area contributed by atoms with Crippen molar-refractivity contribution in [2.24, 2.45) is 0 Å².